The van der Waals surface area contributed by atoms with Crippen LogP contribution in [0, 0.1) is 21.8 Å². The van der Waals surface area contributed by atoms with Gasteiger partial charge in [-0.1, -0.05) is 13.8 Å². The van der Waals surface area contributed by atoms with E-state index in [1.54, 1.807) is 13.8 Å². The third kappa shape index (κ3) is 3.16. The summed E-state index contributed by atoms with van der Waals surface area (Å²) in [6.45, 7) is 3.35. The fourth-order valence-corrected chi connectivity index (χ4v) is 1.42. The fourth-order valence-electron chi connectivity index (χ4n) is 1.42. The first-order chi connectivity index (χ1) is 8.32. The van der Waals surface area contributed by atoms with Gasteiger partial charge >= 0.3 is 5.97 Å². The van der Waals surface area contributed by atoms with E-state index in [1.165, 1.54) is 0 Å². The quantitative estimate of drug-likeness (QED) is 0.622. The highest BCUT2D eigenvalue weighted by Crippen LogP contribution is 2.22. The van der Waals surface area contributed by atoms with Gasteiger partial charge in [0.1, 0.15) is 6.04 Å². The zero-order chi connectivity index (χ0) is 13.9. The Kier molecular flexibility index (Phi) is 4.19. The summed E-state index contributed by atoms with van der Waals surface area (Å²) in [5.41, 5.74) is -0.448. The molecule has 0 radical (unpaired) electrons. The van der Waals surface area contributed by atoms with E-state index in [0.717, 1.165) is 18.2 Å². The van der Waals surface area contributed by atoms with Crippen molar-refractivity contribution in [1.29, 1.82) is 0 Å². The van der Waals surface area contributed by atoms with Gasteiger partial charge in [0.05, 0.1) is 16.7 Å². The number of aliphatic carboxylic acids is 1. The van der Waals surface area contributed by atoms with Crippen molar-refractivity contribution in [3.8, 4) is 0 Å². The van der Waals surface area contributed by atoms with Crippen LogP contribution < -0.4 is 5.32 Å². The van der Waals surface area contributed by atoms with Crippen LogP contribution in [0.15, 0.2) is 18.2 Å². The minimum Gasteiger partial charge on any atom is -0.480 e. The van der Waals surface area contributed by atoms with Crippen LogP contribution in [-0.2, 0) is 4.79 Å². The smallest absolute Gasteiger partial charge is 0.326 e. The number of hydrogen-bond acceptors (Lipinski definition) is 4. The molecule has 0 aliphatic heterocycles. The predicted molar refractivity (Wildman–Crippen MR) is 62.9 cm³/mol. The predicted octanol–water partition coefficient (Wildman–Crippen LogP) is 2.25. The molecular formula is C11H13FN2O4. The lowest BCUT2D eigenvalue weighted by Crippen LogP contribution is -2.34. The molecule has 1 aromatic carbocycles. The molecule has 1 rings (SSSR count). The first-order valence-corrected chi connectivity index (χ1v) is 5.26. The molecule has 0 amide bonds. The summed E-state index contributed by atoms with van der Waals surface area (Å²) in [4.78, 5) is 20.6. The van der Waals surface area contributed by atoms with E-state index in [4.69, 9.17) is 5.11 Å². The van der Waals surface area contributed by atoms with Gasteiger partial charge in [-0.15, -0.1) is 0 Å². The number of non-ortho nitro benzene ring substituents is 1. The Bertz CT molecular complexity index is 476. The largest absolute Gasteiger partial charge is 0.480 e. The highest BCUT2D eigenvalue weighted by atomic mass is 19.1. The Hall–Kier alpha value is -2.18. The second-order valence-electron chi connectivity index (χ2n) is 4.13. The minimum atomic E-state index is -1.11. The van der Waals surface area contributed by atoms with Crippen molar-refractivity contribution in [2.45, 2.75) is 19.9 Å². The average Bonchev–Trinajstić information content (AvgIpc) is 2.25. The number of nitrogens with one attached hydrogen (secondary N) is 1. The van der Waals surface area contributed by atoms with Gasteiger partial charge in [0.2, 0.25) is 0 Å². The van der Waals surface area contributed by atoms with Crippen LogP contribution in [0.1, 0.15) is 13.8 Å². The van der Waals surface area contributed by atoms with Crippen LogP contribution in [0.3, 0.4) is 0 Å². The highest BCUT2D eigenvalue weighted by molar-refractivity contribution is 5.77. The van der Waals surface area contributed by atoms with Crippen LogP contribution in [0.25, 0.3) is 0 Å². The summed E-state index contributed by atoms with van der Waals surface area (Å²) in [7, 11) is 0. The van der Waals surface area contributed by atoms with E-state index in [0.29, 0.717) is 0 Å². The lowest BCUT2D eigenvalue weighted by atomic mass is 10.0. The highest BCUT2D eigenvalue weighted by Gasteiger charge is 2.22. The van der Waals surface area contributed by atoms with E-state index in [-0.39, 0.29) is 17.3 Å². The van der Waals surface area contributed by atoms with Crippen molar-refractivity contribution in [2.75, 3.05) is 5.32 Å². The topological polar surface area (TPSA) is 92.5 Å². The Labute approximate surface area is 103 Å². The summed E-state index contributed by atoms with van der Waals surface area (Å²) in [6, 6.07) is 2.07. The summed E-state index contributed by atoms with van der Waals surface area (Å²) in [5, 5.41) is 21.9. The van der Waals surface area contributed by atoms with Crippen LogP contribution in [0.4, 0.5) is 15.8 Å². The van der Waals surface area contributed by atoms with Gasteiger partial charge < -0.3 is 10.4 Å². The number of carbonyl (C=O) groups is 1. The average molecular weight is 256 g/mol. The second kappa shape index (κ2) is 5.44. The minimum absolute atomic E-state index is 0.0679. The van der Waals surface area contributed by atoms with Crippen LogP contribution in [-0.4, -0.2) is 22.0 Å². The number of halogens is 1. The molecule has 0 fully saturated rings. The number of carboxylic acid groups (broad SMARTS) is 1. The summed E-state index contributed by atoms with van der Waals surface area (Å²) in [5.74, 6) is -2.21. The number of nitro benzene ring substituents is 1. The molecule has 0 bridgehead atoms. The molecule has 0 spiro atoms. The molecule has 98 valence electrons. The molecule has 0 saturated carbocycles. The summed E-state index contributed by atoms with van der Waals surface area (Å²) < 4.78 is 13.5. The number of anilines is 1. The van der Waals surface area contributed by atoms with Gasteiger partial charge in [-0.2, -0.15) is 0 Å². The maximum atomic E-state index is 13.5. The second-order valence-corrected chi connectivity index (χ2v) is 4.13. The maximum absolute atomic E-state index is 13.5. The molecule has 0 heterocycles. The van der Waals surface area contributed by atoms with Gasteiger partial charge in [-0.05, 0) is 12.0 Å². The number of carboxylic acids is 1. The van der Waals surface area contributed by atoms with E-state index >= 15 is 0 Å². The fraction of sp³-hybridized carbons (Fsp3) is 0.364. The molecule has 7 heteroatoms. The molecular weight excluding hydrogens is 243 g/mol. The number of nitro groups is 1. The molecule has 1 aromatic rings. The molecule has 2 N–H and O–H groups in total. The molecule has 1 unspecified atom stereocenters. The zero-order valence-corrected chi connectivity index (χ0v) is 9.88. The Morgan fingerprint density at radius 3 is 2.50 bits per heavy atom. The van der Waals surface area contributed by atoms with Crippen molar-refractivity contribution in [3.63, 3.8) is 0 Å². The standard InChI is InChI=1S/C11H13FN2O4/c1-6(2)10(11(15)16)13-9-4-3-7(14(17)18)5-8(9)12/h3-6,10,13H,1-2H3,(H,15,16). The first-order valence-electron chi connectivity index (χ1n) is 5.26. The van der Waals surface area contributed by atoms with Gasteiger partial charge in [0, 0.05) is 6.07 Å². The van der Waals surface area contributed by atoms with Crippen LogP contribution >= 0.6 is 0 Å². The zero-order valence-electron chi connectivity index (χ0n) is 9.88. The Balaban J connectivity index is 2.97. The van der Waals surface area contributed by atoms with Gasteiger partial charge in [0.15, 0.2) is 5.82 Å². The Morgan fingerprint density at radius 1 is 1.50 bits per heavy atom. The molecule has 0 aromatic heterocycles. The van der Waals surface area contributed by atoms with Gasteiger partial charge in [-0.25, -0.2) is 9.18 Å². The number of hydrogen-bond donors (Lipinski definition) is 2. The number of nitrogens with zero attached hydrogens (tertiary/aromatic N) is 1. The normalized spacial score (nSPS) is 12.2. The first kappa shape index (κ1) is 13.9. The van der Waals surface area contributed by atoms with Crippen molar-refractivity contribution in [3.05, 3.63) is 34.1 Å². The van der Waals surface area contributed by atoms with E-state index < -0.39 is 22.8 Å². The van der Waals surface area contributed by atoms with Gasteiger partial charge in [0.25, 0.3) is 5.69 Å². The van der Waals surface area contributed by atoms with Crippen LogP contribution in [0.2, 0.25) is 0 Å². The van der Waals surface area contributed by atoms with E-state index in [2.05, 4.69) is 5.32 Å². The monoisotopic (exact) mass is 256 g/mol. The lowest BCUT2D eigenvalue weighted by Gasteiger charge is -2.19. The Morgan fingerprint density at radius 2 is 2.11 bits per heavy atom. The molecule has 6 nitrogen and oxygen atoms in total. The molecule has 0 aliphatic carbocycles. The molecule has 0 saturated heterocycles. The van der Waals surface area contributed by atoms with Crippen molar-refractivity contribution in [2.24, 2.45) is 5.92 Å². The van der Waals surface area contributed by atoms with Crippen molar-refractivity contribution < 1.29 is 19.2 Å². The SMILES string of the molecule is CC(C)C(Nc1ccc([N+](=O)[O-])cc1F)C(=O)O. The third-order valence-electron chi connectivity index (χ3n) is 2.41. The molecule has 1 atom stereocenters. The van der Waals surface area contributed by atoms with Crippen molar-refractivity contribution >= 4 is 17.3 Å². The molecule has 18 heavy (non-hydrogen) atoms. The lowest BCUT2D eigenvalue weighted by molar-refractivity contribution is -0.385. The number of rotatable bonds is 5. The maximum Gasteiger partial charge on any atom is 0.326 e. The summed E-state index contributed by atoms with van der Waals surface area (Å²) in [6.07, 6.45) is 0. The van der Waals surface area contributed by atoms with Gasteiger partial charge in [-0.3, -0.25) is 10.1 Å². The van der Waals surface area contributed by atoms with E-state index in [1.807, 2.05) is 0 Å². The summed E-state index contributed by atoms with van der Waals surface area (Å²) >= 11 is 0. The van der Waals surface area contributed by atoms with Crippen LogP contribution in [0.5, 0.6) is 0 Å². The third-order valence-corrected chi connectivity index (χ3v) is 2.41. The molecule has 0 aliphatic rings. The van der Waals surface area contributed by atoms with E-state index in [9.17, 15) is 19.3 Å². The van der Waals surface area contributed by atoms with Crippen molar-refractivity contribution in [1.82, 2.24) is 0 Å². The number of benzene rings is 1.